The molecule has 1 atom stereocenters. The quantitative estimate of drug-likeness (QED) is 0.508. The number of nitrogens with zero attached hydrogens (tertiary/aromatic N) is 3. The van der Waals surface area contributed by atoms with Crippen LogP contribution in [0.1, 0.15) is 71.3 Å². The Morgan fingerprint density at radius 2 is 1.62 bits per heavy atom. The fraction of sp³-hybridized carbons (Fsp3) is 0.733. The third-order valence-corrected chi connectivity index (χ3v) is 9.03. The van der Waals surface area contributed by atoms with Crippen LogP contribution in [0.15, 0.2) is 24.3 Å². The van der Waals surface area contributed by atoms with E-state index in [1.165, 1.54) is 68.7 Å². The minimum atomic E-state index is 0.399. The number of hydrogen-bond donors (Lipinski definition) is 0. The van der Waals surface area contributed by atoms with Crippen molar-refractivity contribution in [3.8, 4) is 0 Å². The van der Waals surface area contributed by atoms with Gasteiger partial charge in [0.15, 0.2) is 0 Å². The van der Waals surface area contributed by atoms with Gasteiger partial charge in [-0.2, -0.15) is 0 Å². The van der Waals surface area contributed by atoms with Crippen LogP contribution in [0.3, 0.4) is 0 Å². The molecule has 3 fully saturated rings. The molecule has 1 aromatic rings. The molecule has 0 amide bonds. The fourth-order valence-corrected chi connectivity index (χ4v) is 6.31. The van der Waals surface area contributed by atoms with Crippen molar-refractivity contribution in [2.75, 3.05) is 62.7 Å². The van der Waals surface area contributed by atoms with E-state index in [0.29, 0.717) is 11.5 Å². The molecule has 4 nitrogen and oxygen atoms in total. The number of benzene rings is 1. The van der Waals surface area contributed by atoms with Gasteiger partial charge in [0.05, 0.1) is 6.10 Å². The summed E-state index contributed by atoms with van der Waals surface area (Å²) >= 11 is 0. The van der Waals surface area contributed by atoms with Crippen molar-refractivity contribution in [1.29, 1.82) is 0 Å². The number of hydrogen-bond acceptors (Lipinski definition) is 4. The van der Waals surface area contributed by atoms with E-state index in [-0.39, 0.29) is 0 Å². The summed E-state index contributed by atoms with van der Waals surface area (Å²) in [5.74, 6) is 1.79. The van der Waals surface area contributed by atoms with E-state index in [1.807, 2.05) is 7.11 Å². The minimum Gasteiger partial charge on any atom is -0.381 e. The molecule has 0 N–H and O–H groups in total. The van der Waals surface area contributed by atoms with Gasteiger partial charge in [-0.15, -0.1) is 0 Å². The summed E-state index contributed by atoms with van der Waals surface area (Å²) in [4.78, 5) is 7.96. The van der Waals surface area contributed by atoms with Gasteiger partial charge in [0, 0.05) is 69.9 Å². The first-order chi connectivity index (χ1) is 16.4. The molecule has 0 aromatic heterocycles. The van der Waals surface area contributed by atoms with E-state index < -0.39 is 0 Å². The molecule has 2 aliphatic heterocycles. The second-order valence-corrected chi connectivity index (χ2v) is 12.4. The number of piperidine rings is 1. The number of allylic oxidation sites excluding steroid dienone is 2. The zero-order valence-electron chi connectivity index (χ0n) is 22.2. The second-order valence-electron chi connectivity index (χ2n) is 12.4. The monoisotopic (exact) mass is 465 g/mol. The summed E-state index contributed by atoms with van der Waals surface area (Å²) in [6, 6.07) is 7.37. The topological polar surface area (TPSA) is 19.0 Å². The van der Waals surface area contributed by atoms with Crippen molar-refractivity contribution in [3.63, 3.8) is 0 Å². The maximum Gasteiger partial charge on any atom is 0.0605 e. The molecule has 1 unspecified atom stereocenters. The van der Waals surface area contributed by atoms with Gasteiger partial charge in [0.1, 0.15) is 0 Å². The normalized spacial score (nSPS) is 25.5. The van der Waals surface area contributed by atoms with Crippen molar-refractivity contribution in [2.45, 2.75) is 71.8 Å². The molecular formula is C30H47N3O. The minimum absolute atomic E-state index is 0.399. The third-order valence-electron chi connectivity index (χ3n) is 9.03. The maximum atomic E-state index is 5.62. The summed E-state index contributed by atoms with van der Waals surface area (Å²) in [6.07, 6.45) is 11.9. The molecule has 4 heteroatoms. The van der Waals surface area contributed by atoms with Gasteiger partial charge >= 0.3 is 0 Å². The number of anilines is 2. The lowest BCUT2D eigenvalue weighted by Gasteiger charge is -2.39. The summed E-state index contributed by atoms with van der Waals surface area (Å²) in [5.41, 5.74) is 6.37. The van der Waals surface area contributed by atoms with E-state index in [4.69, 9.17) is 4.74 Å². The lowest BCUT2D eigenvalue weighted by molar-refractivity contribution is 0.0819. The molecule has 4 aliphatic rings. The summed E-state index contributed by atoms with van der Waals surface area (Å²) in [7, 11) is 1.86. The first kappa shape index (κ1) is 24.2. The van der Waals surface area contributed by atoms with Gasteiger partial charge in [-0.3, -0.25) is 4.90 Å². The zero-order valence-corrected chi connectivity index (χ0v) is 22.2. The summed E-state index contributed by atoms with van der Waals surface area (Å²) in [6.45, 7) is 15.5. The van der Waals surface area contributed by atoms with E-state index >= 15 is 0 Å². The summed E-state index contributed by atoms with van der Waals surface area (Å²) < 4.78 is 5.62. The second kappa shape index (κ2) is 10.2. The van der Waals surface area contributed by atoms with Crippen molar-refractivity contribution < 1.29 is 4.74 Å². The van der Waals surface area contributed by atoms with Crippen LogP contribution >= 0.6 is 0 Å². The van der Waals surface area contributed by atoms with Crippen LogP contribution in [-0.2, 0) is 4.74 Å². The molecule has 0 bridgehead atoms. The predicted octanol–water partition coefficient (Wildman–Crippen LogP) is 6.06. The Hall–Kier alpha value is -1.52. The Labute approximate surface area is 208 Å². The molecule has 0 radical (unpaired) electrons. The largest absolute Gasteiger partial charge is 0.381 e. The van der Waals surface area contributed by atoms with Crippen LogP contribution in [0, 0.1) is 17.3 Å². The number of methoxy groups -OCH3 is 1. The molecule has 1 saturated carbocycles. The Morgan fingerprint density at radius 1 is 0.882 bits per heavy atom. The van der Waals surface area contributed by atoms with Crippen LogP contribution in [0.5, 0.6) is 0 Å². The van der Waals surface area contributed by atoms with Gasteiger partial charge in [0.25, 0.3) is 0 Å². The van der Waals surface area contributed by atoms with Gasteiger partial charge < -0.3 is 14.5 Å². The van der Waals surface area contributed by atoms with E-state index in [9.17, 15) is 0 Å². The van der Waals surface area contributed by atoms with Crippen molar-refractivity contribution in [1.82, 2.24) is 4.90 Å². The van der Waals surface area contributed by atoms with E-state index in [0.717, 1.165) is 50.9 Å². The lowest BCUT2D eigenvalue weighted by atomic mass is 9.72. The molecular weight excluding hydrogens is 418 g/mol. The van der Waals surface area contributed by atoms with Gasteiger partial charge in [-0.1, -0.05) is 26.8 Å². The molecule has 2 heterocycles. The molecule has 1 aromatic carbocycles. The highest BCUT2D eigenvalue weighted by Crippen LogP contribution is 2.43. The van der Waals surface area contributed by atoms with Crippen LogP contribution in [0.4, 0.5) is 11.4 Å². The van der Waals surface area contributed by atoms with Crippen LogP contribution in [0.2, 0.25) is 0 Å². The third kappa shape index (κ3) is 5.65. The van der Waals surface area contributed by atoms with Gasteiger partial charge in [0.2, 0.25) is 0 Å². The van der Waals surface area contributed by atoms with E-state index in [1.54, 1.807) is 5.57 Å². The highest BCUT2D eigenvalue weighted by Gasteiger charge is 2.30. The van der Waals surface area contributed by atoms with Crippen LogP contribution in [0.25, 0.3) is 5.57 Å². The fourth-order valence-electron chi connectivity index (χ4n) is 6.31. The molecule has 0 spiro atoms. The Bertz CT molecular complexity index is 852. The number of ether oxygens (including phenoxy) is 1. The van der Waals surface area contributed by atoms with Gasteiger partial charge in [-0.25, -0.2) is 0 Å². The van der Waals surface area contributed by atoms with Crippen molar-refractivity contribution >= 4 is 16.9 Å². The van der Waals surface area contributed by atoms with Crippen molar-refractivity contribution in [2.24, 2.45) is 17.3 Å². The number of piperazine rings is 1. The molecule has 2 aliphatic carbocycles. The van der Waals surface area contributed by atoms with Crippen LogP contribution < -0.4 is 9.80 Å². The Kier molecular flexibility index (Phi) is 7.27. The van der Waals surface area contributed by atoms with Crippen molar-refractivity contribution in [3.05, 3.63) is 29.8 Å². The zero-order chi connectivity index (χ0) is 23.7. The highest BCUT2D eigenvalue weighted by atomic mass is 16.5. The van der Waals surface area contributed by atoms with Crippen LogP contribution in [-0.4, -0.2) is 63.9 Å². The van der Waals surface area contributed by atoms with Gasteiger partial charge in [-0.05, 0) is 86.0 Å². The smallest absolute Gasteiger partial charge is 0.0605 e. The summed E-state index contributed by atoms with van der Waals surface area (Å²) in [5, 5.41) is 0. The Morgan fingerprint density at radius 3 is 2.21 bits per heavy atom. The first-order valence-electron chi connectivity index (χ1n) is 14.0. The standard InChI is InChI=1S/C30H47N3O/c1-30(2,3)25-9-7-24(8-10-25)28-21-26(32-15-13-27(34-4)14-16-32)11-12-29(28)33-19-17-31(18-20-33)22-23-5-6-23/h7,11-12,21,23,25,27H,5-6,8-10,13-20,22H2,1-4H3. The maximum absolute atomic E-state index is 5.62. The molecule has 34 heavy (non-hydrogen) atoms. The van der Waals surface area contributed by atoms with E-state index in [2.05, 4.69) is 59.7 Å². The average molecular weight is 466 g/mol. The first-order valence-corrected chi connectivity index (χ1v) is 14.0. The highest BCUT2D eigenvalue weighted by molar-refractivity contribution is 5.80. The molecule has 188 valence electrons. The predicted molar refractivity (Wildman–Crippen MR) is 145 cm³/mol. The Balaban J connectivity index is 1.36. The molecule has 2 saturated heterocycles. The lowest BCUT2D eigenvalue weighted by Crippen LogP contribution is -2.47. The number of rotatable bonds is 6. The molecule has 5 rings (SSSR count). The SMILES string of the molecule is COC1CCN(c2ccc(N3CCN(CC4CC4)CC3)c(C3=CCC(C(C)(C)C)CC3)c2)CC1. The average Bonchev–Trinajstić information content (AvgIpc) is 3.68.